The molecule has 1 rings (SSSR count). The summed E-state index contributed by atoms with van der Waals surface area (Å²) in [5.41, 5.74) is 1.13. The fourth-order valence-electron chi connectivity index (χ4n) is 1.18. The van der Waals surface area contributed by atoms with E-state index in [2.05, 4.69) is 6.58 Å². The van der Waals surface area contributed by atoms with Gasteiger partial charge in [-0.25, -0.2) is 0 Å². The number of benzene rings is 1. The first-order valence-electron chi connectivity index (χ1n) is 4.29. The minimum Gasteiger partial charge on any atom is -0.258 e. The van der Waals surface area contributed by atoms with Crippen LogP contribution in [0.4, 0.5) is 5.69 Å². The van der Waals surface area contributed by atoms with E-state index in [9.17, 15) is 10.1 Å². The highest BCUT2D eigenvalue weighted by Gasteiger charge is 2.21. The van der Waals surface area contributed by atoms with Gasteiger partial charge in [-0.3, -0.25) is 10.1 Å². The summed E-state index contributed by atoms with van der Waals surface area (Å²) >= 11 is 16.8. The van der Waals surface area contributed by atoms with E-state index in [1.165, 1.54) is 12.1 Å². The van der Waals surface area contributed by atoms with Gasteiger partial charge in [0.2, 0.25) is 0 Å². The van der Waals surface area contributed by atoms with Crippen molar-refractivity contribution in [3.05, 3.63) is 46.5 Å². The number of nitro groups is 1. The van der Waals surface area contributed by atoms with Crippen molar-refractivity contribution < 1.29 is 4.92 Å². The summed E-state index contributed by atoms with van der Waals surface area (Å²) in [5, 5.41) is 10.6. The van der Waals surface area contributed by atoms with E-state index < -0.39 is 8.72 Å². The molecule has 0 heterocycles. The highest BCUT2D eigenvalue weighted by Crippen LogP contribution is 2.36. The van der Waals surface area contributed by atoms with Gasteiger partial charge in [0, 0.05) is 18.6 Å². The highest BCUT2D eigenvalue weighted by atomic mass is 35.6. The normalized spacial score (nSPS) is 11.2. The smallest absolute Gasteiger partial charge is 0.258 e. The van der Waals surface area contributed by atoms with Crippen molar-refractivity contribution in [3.8, 4) is 0 Å². The Labute approximate surface area is 108 Å². The zero-order valence-corrected chi connectivity index (χ0v) is 10.4. The summed E-state index contributed by atoms with van der Waals surface area (Å²) in [4.78, 5) is 10.1. The Bertz CT molecular complexity index is 426. The van der Waals surface area contributed by atoms with Crippen LogP contribution in [-0.4, -0.2) is 8.72 Å². The Hall–Kier alpha value is -0.770. The Balaban J connectivity index is 2.92. The van der Waals surface area contributed by atoms with Crippen LogP contribution < -0.4 is 0 Å². The van der Waals surface area contributed by atoms with E-state index in [4.69, 9.17) is 34.8 Å². The first kappa shape index (κ1) is 13.3. The third-order valence-electron chi connectivity index (χ3n) is 1.88. The molecule has 0 atom stereocenters. The summed E-state index contributed by atoms with van der Waals surface area (Å²) in [5.74, 6) is 0. The quantitative estimate of drug-likeness (QED) is 0.469. The van der Waals surface area contributed by atoms with Crippen molar-refractivity contribution in [3.63, 3.8) is 0 Å². The molecule has 3 nitrogen and oxygen atoms in total. The topological polar surface area (TPSA) is 43.1 Å². The van der Waals surface area contributed by atoms with E-state index in [0.29, 0.717) is 11.1 Å². The van der Waals surface area contributed by atoms with Crippen LogP contribution in [0.5, 0.6) is 0 Å². The second kappa shape index (κ2) is 5.04. The molecule has 0 aliphatic carbocycles. The molecule has 0 radical (unpaired) electrons. The van der Waals surface area contributed by atoms with E-state index in [1.54, 1.807) is 12.1 Å². The summed E-state index contributed by atoms with van der Waals surface area (Å²) < 4.78 is -1.44. The molecule has 86 valence electrons. The molecule has 0 fully saturated rings. The molecule has 1 aromatic rings. The van der Waals surface area contributed by atoms with Crippen LogP contribution in [0, 0.1) is 10.1 Å². The molecule has 0 saturated carbocycles. The van der Waals surface area contributed by atoms with Crippen LogP contribution in [0.3, 0.4) is 0 Å². The standard InChI is InChI=1S/C10H8Cl3NO2/c1-7(6-10(11,12)13)8-3-2-4-9(5-8)14(15)16/h2-5H,1,6H2. The molecule has 0 spiro atoms. The number of hydrogen-bond acceptors (Lipinski definition) is 2. The Morgan fingerprint density at radius 3 is 2.56 bits per heavy atom. The van der Waals surface area contributed by atoms with Crippen molar-refractivity contribution in [2.45, 2.75) is 10.2 Å². The molecule has 0 amide bonds. The molecule has 0 aliphatic heterocycles. The average Bonchev–Trinajstić information content (AvgIpc) is 2.15. The van der Waals surface area contributed by atoms with Crippen LogP contribution >= 0.6 is 34.8 Å². The van der Waals surface area contributed by atoms with Gasteiger partial charge in [-0.1, -0.05) is 53.5 Å². The molecular formula is C10H8Cl3NO2. The van der Waals surface area contributed by atoms with Crippen molar-refractivity contribution in [2.24, 2.45) is 0 Å². The minimum atomic E-state index is -1.44. The summed E-state index contributed by atoms with van der Waals surface area (Å²) in [6, 6.07) is 6.05. The fraction of sp³-hybridized carbons (Fsp3) is 0.200. The number of rotatable bonds is 3. The number of nitro benzene ring substituents is 1. The van der Waals surface area contributed by atoms with Gasteiger partial charge in [-0.2, -0.15) is 0 Å². The van der Waals surface area contributed by atoms with Gasteiger partial charge >= 0.3 is 0 Å². The lowest BCUT2D eigenvalue weighted by Crippen LogP contribution is -2.02. The van der Waals surface area contributed by atoms with Gasteiger partial charge in [-0.05, 0) is 11.1 Å². The van der Waals surface area contributed by atoms with Crippen LogP contribution in [-0.2, 0) is 0 Å². The minimum absolute atomic E-state index is 0.0111. The maximum absolute atomic E-state index is 10.6. The average molecular weight is 281 g/mol. The van der Waals surface area contributed by atoms with Crippen LogP contribution in [0.25, 0.3) is 5.57 Å². The Morgan fingerprint density at radius 1 is 1.44 bits per heavy atom. The highest BCUT2D eigenvalue weighted by molar-refractivity contribution is 6.67. The number of non-ortho nitro benzene ring substituents is 1. The van der Waals surface area contributed by atoms with Crippen molar-refractivity contribution in [1.29, 1.82) is 0 Å². The molecule has 1 aromatic carbocycles. The van der Waals surface area contributed by atoms with Crippen molar-refractivity contribution >= 4 is 46.1 Å². The molecule has 0 saturated heterocycles. The number of hydrogen-bond donors (Lipinski definition) is 0. The molecule has 16 heavy (non-hydrogen) atoms. The lowest BCUT2D eigenvalue weighted by Gasteiger charge is -2.12. The van der Waals surface area contributed by atoms with Crippen LogP contribution in [0.15, 0.2) is 30.8 Å². The molecule has 0 unspecified atom stereocenters. The Kier molecular flexibility index (Phi) is 4.19. The molecular weight excluding hydrogens is 272 g/mol. The van der Waals surface area contributed by atoms with Gasteiger partial charge in [0.15, 0.2) is 3.79 Å². The number of nitrogens with zero attached hydrogens (tertiary/aromatic N) is 1. The third kappa shape index (κ3) is 4.00. The molecule has 0 bridgehead atoms. The van der Waals surface area contributed by atoms with E-state index in [-0.39, 0.29) is 12.1 Å². The summed E-state index contributed by atoms with van der Waals surface area (Å²) in [7, 11) is 0. The second-order valence-corrected chi connectivity index (χ2v) is 5.72. The zero-order chi connectivity index (χ0) is 12.3. The lowest BCUT2D eigenvalue weighted by atomic mass is 10.0. The Morgan fingerprint density at radius 2 is 2.06 bits per heavy atom. The fourth-order valence-corrected chi connectivity index (χ4v) is 1.67. The number of allylic oxidation sites excluding steroid dienone is 1. The molecule has 0 N–H and O–H groups in total. The first-order chi connectivity index (χ1) is 7.29. The third-order valence-corrected chi connectivity index (χ3v) is 2.28. The number of alkyl halides is 3. The summed E-state index contributed by atoms with van der Waals surface area (Å²) in [6.07, 6.45) is 0.124. The molecule has 0 aliphatic rings. The first-order valence-corrected chi connectivity index (χ1v) is 5.42. The van der Waals surface area contributed by atoms with E-state index in [1.807, 2.05) is 0 Å². The van der Waals surface area contributed by atoms with Crippen LogP contribution in [0.2, 0.25) is 0 Å². The maximum atomic E-state index is 10.6. The van der Waals surface area contributed by atoms with Crippen molar-refractivity contribution in [2.75, 3.05) is 0 Å². The van der Waals surface area contributed by atoms with Gasteiger partial charge in [0.25, 0.3) is 5.69 Å². The summed E-state index contributed by atoms with van der Waals surface area (Å²) in [6.45, 7) is 3.73. The van der Waals surface area contributed by atoms with E-state index >= 15 is 0 Å². The molecule has 0 aromatic heterocycles. The SMILES string of the molecule is C=C(CC(Cl)(Cl)Cl)c1cccc([N+](=O)[O-])c1. The van der Waals surface area contributed by atoms with Gasteiger partial charge in [0.1, 0.15) is 0 Å². The van der Waals surface area contributed by atoms with Gasteiger partial charge in [0.05, 0.1) is 4.92 Å². The number of halogens is 3. The van der Waals surface area contributed by atoms with Gasteiger partial charge < -0.3 is 0 Å². The molecule has 6 heteroatoms. The largest absolute Gasteiger partial charge is 0.270 e. The van der Waals surface area contributed by atoms with Crippen LogP contribution in [0.1, 0.15) is 12.0 Å². The second-order valence-electron chi connectivity index (χ2n) is 3.20. The zero-order valence-electron chi connectivity index (χ0n) is 8.12. The lowest BCUT2D eigenvalue weighted by molar-refractivity contribution is -0.384. The predicted octanol–water partition coefficient (Wildman–Crippen LogP) is 4.37. The van der Waals surface area contributed by atoms with E-state index in [0.717, 1.165) is 0 Å². The monoisotopic (exact) mass is 279 g/mol. The van der Waals surface area contributed by atoms with Crippen molar-refractivity contribution in [1.82, 2.24) is 0 Å². The predicted molar refractivity (Wildman–Crippen MR) is 67.0 cm³/mol. The van der Waals surface area contributed by atoms with Gasteiger partial charge in [-0.15, -0.1) is 0 Å². The maximum Gasteiger partial charge on any atom is 0.270 e.